The maximum Gasteiger partial charge on any atom is 0.132 e. The van der Waals surface area contributed by atoms with E-state index >= 15 is 0 Å². The van der Waals surface area contributed by atoms with Crippen LogP contribution in [-0.4, -0.2) is 15.3 Å². The van der Waals surface area contributed by atoms with E-state index in [1.165, 1.54) is 38.5 Å². The SMILES string of the molecule is Oc1[c]ccc(-c2cccc(C3CCCCC3)c2O)c1-c1cccc(C2CCCCC2)c1O. The fourth-order valence-corrected chi connectivity index (χ4v) is 6.01. The van der Waals surface area contributed by atoms with Crippen molar-refractivity contribution in [1.82, 2.24) is 0 Å². The molecule has 0 aliphatic heterocycles. The van der Waals surface area contributed by atoms with Crippen LogP contribution in [0.5, 0.6) is 17.2 Å². The molecule has 3 aromatic carbocycles. The Hall–Kier alpha value is -2.94. The van der Waals surface area contributed by atoms with Crippen molar-refractivity contribution < 1.29 is 15.3 Å². The summed E-state index contributed by atoms with van der Waals surface area (Å²) in [6, 6.07) is 18.2. The van der Waals surface area contributed by atoms with E-state index in [2.05, 4.69) is 6.07 Å². The molecule has 5 rings (SSSR count). The zero-order valence-corrected chi connectivity index (χ0v) is 19.2. The summed E-state index contributed by atoms with van der Waals surface area (Å²) in [5.74, 6) is 1.24. The van der Waals surface area contributed by atoms with E-state index in [9.17, 15) is 15.3 Å². The molecule has 0 heterocycles. The topological polar surface area (TPSA) is 60.7 Å². The maximum atomic E-state index is 11.3. The zero-order chi connectivity index (χ0) is 22.8. The van der Waals surface area contributed by atoms with Crippen molar-refractivity contribution in [3.63, 3.8) is 0 Å². The molecule has 2 saturated carbocycles. The molecular formula is C30H33O3. The Bertz CT molecular complexity index is 1120. The third kappa shape index (κ3) is 4.21. The molecule has 0 unspecified atom stereocenters. The van der Waals surface area contributed by atoms with Gasteiger partial charge in [-0.25, -0.2) is 0 Å². The number of para-hydroxylation sites is 2. The molecule has 2 fully saturated rings. The van der Waals surface area contributed by atoms with Crippen LogP contribution in [0.1, 0.15) is 87.2 Å². The Morgan fingerprint density at radius 1 is 0.576 bits per heavy atom. The first-order valence-corrected chi connectivity index (χ1v) is 12.5. The Kier molecular flexibility index (Phi) is 6.30. The van der Waals surface area contributed by atoms with E-state index in [0.29, 0.717) is 34.3 Å². The summed E-state index contributed by atoms with van der Waals surface area (Å²) in [6.07, 6.45) is 11.7. The number of hydrogen-bond acceptors (Lipinski definition) is 3. The molecule has 33 heavy (non-hydrogen) atoms. The van der Waals surface area contributed by atoms with Crippen LogP contribution in [0.3, 0.4) is 0 Å². The van der Waals surface area contributed by atoms with Gasteiger partial charge in [0.15, 0.2) is 0 Å². The van der Waals surface area contributed by atoms with Crippen LogP contribution >= 0.6 is 0 Å². The Labute approximate surface area is 196 Å². The summed E-state index contributed by atoms with van der Waals surface area (Å²) in [7, 11) is 0. The van der Waals surface area contributed by atoms with Gasteiger partial charge in [0.05, 0.1) is 0 Å². The minimum atomic E-state index is -0.00827. The van der Waals surface area contributed by atoms with Gasteiger partial charge in [0.2, 0.25) is 0 Å². The highest BCUT2D eigenvalue weighted by Gasteiger charge is 2.25. The minimum Gasteiger partial charge on any atom is -0.507 e. The van der Waals surface area contributed by atoms with Crippen molar-refractivity contribution in [2.24, 2.45) is 0 Å². The number of phenolic OH excluding ortho intramolecular Hbond substituents is 3. The van der Waals surface area contributed by atoms with E-state index in [1.54, 1.807) is 6.07 Å². The molecule has 0 aromatic heterocycles. The molecule has 0 saturated heterocycles. The van der Waals surface area contributed by atoms with Crippen LogP contribution < -0.4 is 0 Å². The molecule has 3 aromatic rings. The van der Waals surface area contributed by atoms with Crippen LogP contribution in [0.25, 0.3) is 22.3 Å². The maximum absolute atomic E-state index is 11.3. The monoisotopic (exact) mass is 441 g/mol. The quantitative estimate of drug-likeness (QED) is 0.384. The highest BCUT2D eigenvalue weighted by atomic mass is 16.3. The molecule has 2 aliphatic carbocycles. The molecule has 2 aliphatic rings. The first-order valence-electron chi connectivity index (χ1n) is 12.5. The van der Waals surface area contributed by atoms with Crippen molar-refractivity contribution in [3.05, 3.63) is 65.7 Å². The van der Waals surface area contributed by atoms with Crippen molar-refractivity contribution >= 4 is 0 Å². The van der Waals surface area contributed by atoms with E-state index < -0.39 is 0 Å². The summed E-state index contributed by atoms with van der Waals surface area (Å²) < 4.78 is 0. The lowest BCUT2D eigenvalue weighted by Gasteiger charge is -2.25. The molecule has 171 valence electrons. The predicted molar refractivity (Wildman–Crippen MR) is 133 cm³/mol. The Balaban J connectivity index is 1.62. The number of hydrogen-bond donors (Lipinski definition) is 3. The number of benzene rings is 3. The average Bonchev–Trinajstić information content (AvgIpc) is 2.86. The zero-order valence-electron chi connectivity index (χ0n) is 19.2. The van der Waals surface area contributed by atoms with Gasteiger partial charge in [-0.15, -0.1) is 0 Å². The van der Waals surface area contributed by atoms with Crippen LogP contribution in [0.15, 0.2) is 48.5 Å². The number of phenols is 3. The summed E-state index contributed by atoms with van der Waals surface area (Å²) >= 11 is 0. The number of aromatic hydroxyl groups is 3. The lowest BCUT2D eigenvalue weighted by Crippen LogP contribution is -2.05. The summed E-state index contributed by atoms with van der Waals surface area (Å²) in [4.78, 5) is 0. The lowest BCUT2D eigenvalue weighted by atomic mass is 9.81. The summed E-state index contributed by atoms with van der Waals surface area (Å²) in [5, 5.41) is 33.6. The van der Waals surface area contributed by atoms with Gasteiger partial charge in [0, 0.05) is 22.8 Å². The molecule has 3 nitrogen and oxygen atoms in total. The van der Waals surface area contributed by atoms with E-state index in [-0.39, 0.29) is 11.5 Å². The van der Waals surface area contributed by atoms with Crippen LogP contribution in [0.2, 0.25) is 0 Å². The van der Waals surface area contributed by atoms with E-state index in [0.717, 1.165) is 42.4 Å². The van der Waals surface area contributed by atoms with Gasteiger partial charge in [-0.05, 0) is 60.3 Å². The second-order valence-corrected chi connectivity index (χ2v) is 9.77. The fraction of sp³-hybridized carbons (Fsp3) is 0.400. The standard InChI is InChI=1S/C30H33O3/c31-27-19-9-16-24(25-17-7-14-22(29(25)32)20-10-3-1-4-11-20)28(27)26-18-8-15-23(30(26)33)21-12-5-2-6-13-21/h7-9,14-18,20-21,31-33H,1-6,10-13H2. The smallest absolute Gasteiger partial charge is 0.132 e. The second kappa shape index (κ2) is 9.51. The van der Waals surface area contributed by atoms with Gasteiger partial charge in [-0.1, -0.05) is 81.0 Å². The second-order valence-electron chi connectivity index (χ2n) is 9.77. The number of rotatable bonds is 4. The lowest BCUT2D eigenvalue weighted by molar-refractivity contribution is 0.414. The molecule has 0 atom stereocenters. The Morgan fingerprint density at radius 2 is 1.09 bits per heavy atom. The van der Waals surface area contributed by atoms with Gasteiger partial charge >= 0.3 is 0 Å². The van der Waals surface area contributed by atoms with Gasteiger partial charge in [0.1, 0.15) is 17.2 Å². The molecular weight excluding hydrogens is 408 g/mol. The first-order chi connectivity index (χ1) is 16.1. The van der Waals surface area contributed by atoms with E-state index in [4.69, 9.17) is 0 Å². The van der Waals surface area contributed by atoms with Crippen molar-refractivity contribution in [3.8, 4) is 39.5 Å². The van der Waals surface area contributed by atoms with Crippen LogP contribution in [-0.2, 0) is 0 Å². The largest absolute Gasteiger partial charge is 0.507 e. The first kappa shape index (κ1) is 21.9. The highest BCUT2D eigenvalue weighted by molar-refractivity contribution is 5.92. The average molecular weight is 442 g/mol. The van der Waals surface area contributed by atoms with Crippen LogP contribution in [0, 0.1) is 6.07 Å². The molecule has 3 heteroatoms. The normalized spacial score (nSPS) is 17.8. The van der Waals surface area contributed by atoms with Crippen molar-refractivity contribution in [2.75, 3.05) is 0 Å². The molecule has 0 amide bonds. The molecule has 0 spiro atoms. The Morgan fingerprint density at radius 3 is 1.67 bits per heavy atom. The van der Waals surface area contributed by atoms with Crippen LogP contribution in [0.4, 0.5) is 0 Å². The third-order valence-corrected chi connectivity index (χ3v) is 7.76. The van der Waals surface area contributed by atoms with Crippen molar-refractivity contribution in [2.45, 2.75) is 76.0 Å². The molecule has 0 bridgehead atoms. The summed E-state index contributed by atoms with van der Waals surface area (Å²) in [5.41, 5.74) is 4.50. The fourth-order valence-electron chi connectivity index (χ4n) is 6.01. The van der Waals surface area contributed by atoms with Gasteiger partial charge in [-0.3, -0.25) is 0 Å². The minimum absolute atomic E-state index is 0.00827. The van der Waals surface area contributed by atoms with E-state index in [1.807, 2.05) is 42.5 Å². The molecule has 3 N–H and O–H groups in total. The van der Waals surface area contributed by atoms with Crippen molar-refractivity contribution in [1.29, 1.82) is 0 Å². The summed E-state index contributed by atoms with van der Waals surface area (Å²) in [6.45, 7) is 0. The highest BCUT2D eigenvalue weighted by Crippen LogP contribution is 2.49. The van der Waals surface area contributed by atoms with Gasteiger partial charge < -0.3 is 15.3 Å². The molecule has 1 radical (unpaired) electrons. The van der Waals surface area contributed by atoms with Gasteiger partial charge in [0.25, 0.3) is 0 Å². The van der Waals surface area contributed by atoms with Gasteiger partial charge in [-0.2, -0.15) is 0 Å². The third-order valence-electron chi connectivity index (χ3n) is 7.76. The predicted octanol–water partition coefficient (Wildman–Crippen LogP) is 8.03.